The van der Waals surface area contributed by atoms with Gasteiger partial charge in [0.1, 0.15) is 5.15 Å². The average molecular weight is 261 g/mol. The van der Waals surface area contributed by atoms with Gasteiger partial charge in [-0.2, -0.15) is 0 Å². The maximum Gasteiger partial charge on any atom is 0.137 e. The van der Waals surface area contributed by atoms with Crippen LogP contribution in [0, 0.1) is 6.92 Å². The van der Waals surface area contributed by atoms with Crippen LogP contribution in [-0.4, -0.2) is 4.98 Å². The Labute approximate surface area is 103 Å². The molecule has 0 aliphatic heterocycles. The zero-order valence-corrected chi connectivity index (χ0v) is 10.3. The van der Waals surface area contributed by atoms with Gasteiger partial charge in [-0.1, -0.05) is 29.3 Å². The van der Waals surface area contributed by atoms with Gasteiger partial charge in [-0.3, -0.25) is 0 Å². The predicted molar refractivity (Wildman–Crippen MR) is 66.1 cm³/mol. The van der Waals surface area contributed by atoms with E-state index in [2.05, 4.69) is 4.98 Å². The number of hydrogen-bond acceptors (Lipinski definition) is 1. The fourth-order valence-corrected chi connectivity index (χ4v) is 2.25. The van der Waals surface area contributed by atoms with E-state index >= 15 is 0 Å². The molecular formula is C11H8Cl3N. The lowest BCUT2D eigenvalue weighted by atomic mass is 10.1. The number of halogens is 3. The van der Waals surface area contributed by atoms with Crippen molar-refractivity contribution in [3.05, 3.63) is 39.6 Å². The molecule has 0 bridgehead atoms. The van der Waals surface area contributed by atoms with Gasteiger partial charge in [0.05, 0.1) is 11.6 Å². The summed E-state index contributed by atoms with van der Waals surface area (Å²) in [7, 11) is 0. The Morgan fingerprint density at radius 2 is 1.93 bits per heavy atom. The molecule has 0 amide bonds. The summed E-state index contributed by atoms with van der Waals surface area (Å²) in [6.07, 6.45) is 0. The lowest BCUT2D eigenvalue weighted by molar-refractivity contribution is 1.15. The smallest absolute Gasteiger partial charge is 0.137 e. The Bertz CT molecular complexity index is 523. The van der Waals surface area contributed by atoms with Crippen LogP contribution in [-0.2, 0) is 5.88 Å². The van der Waals surface area contributed by atoms with Crippen LogP contribution in [0.5, 0.6) is 0 Å². The first-order valence-corrected chi connectivity index (χ1v) is 5.72. The minimum Gasteiger partial charge on any atom is -0.239 e. The highest BCUT2D eigenvalue weighted by Crippen LogP contribution is 2.29. The highest BCUT2D eigenvalue weighted by molar-refractivity contribution is 6.36. The summed E-state index contributed by atoms with van der Waals surface area (Å²) in [6, 6.07) is 5.60. The minimum absolute atomic E-state index is 0.365. The van der Waals surface area contributed by atoms with E-state index in [0.717, 1.165) is 22.0 Å². The number of aryl methyl sites for hydroxylation is 1. The van der Waals surface area contributed by atoms with E-state index in [-0.39, 0.29) is 0 Å². The van der Waals surface area contributed by atoms with Crippen LogP contribution in [0.25, 0.3) is 10.8 Å². The lowest BCUT2D eigenvalue weighted by Crippen LogP contribution is -1.93. The van der Waals surface area contributed by atoms with Crippen molar-refractivity contribution in [3.63, 3.8) is 0 Å². The maximum atomic E-state index is 6.06. The van der Waals surface area contributed by atoms with E-state index in [1.807, 2.05) is 25.1 Å². The second-order valence-corrected chi connectivity index (χ2v) is 4.36. The van der Waals surface area contributed by atoms with E-state index in [9.17, 15) is 0 Å². The number of rotatable bonds is 1. The summed E-state index contributed by atoms with van der Waals surface area (Å²) in [5.41, 5.74) is 1.87. The van der Waals surface area contributed by atoms with Crippen LogP contribution < -0.4 is 0 Å². The SMILES string of the molecule is Cc1c(CCl)nc(Cl)c2cc(Cl)ccc12. The third-order valence-corrected chi connectivity index (χ3v) is 3.18. The van der Waals surface area contributed by atoms with Crippen molar-refractivity contribution in [2.45, 2.75) is 12.8 Å². The van der Waals surface area contributed by atoms with E-state index in [1.165, 1.54) is 0 Å². The van der Waals surface area contributed by atoms with Gasteiger partial charge in [0.15, 0.2) is 0 Å². The van der Waals surface area contributed by atoms with E-state index in [0.29, 0.717) is 16.1 Å². The molecule has 0 aliphatic carbocycles. The Balaban J connectivity index is 2.87. The van der Waals surface area contributed by atoms with E-state index in [4.69, 9.17) is 34.8 Å². The van der Waals surface area contributed by atoms with Gasteiger partial charge in [0, 0.05) is 10.4 Å². The molecule has 0 saturated heterocycles. The molecule has 1 aromatic carbocycles. The fourth-order valence-electron chi connectivity index (χ4n) is 1.56. The zero-order valence-electron chi connectivity index (χ0n) is 8.02. The topological polar surface area (TPSA) is 12.9 Å². The molecule has 2 rings (SSSR count). The molecule has 0 N–H and O–H groups in total. The molecule has 0 radical (unpaired) electrons. The summed E-state index contributed by atoms with van der Waals surface area (Å²) in [5, 5.41) is 3.03. The molecule has 1 nitrogen and oxygen atoms in total. The van der Waals surface area contributed by atoms with Crippen molar-refractivity contribution in [1.29, 1.82) is 0 Å². The minimum atomic E-state index is 0.365. The molecule has 0 aliphatic rings. The summed E-state index contributed by atoms with van der Waals surface area (Å²) < 4.78 is 0. The molecule has 0 atom stereocenters. The van der Waals surface area contributed by atoms with Crippen LogP contribution in [0.1, 0.15) is 11.3 Å². The first-order valence-electron chi connectivity index (χ1n) is 4.43. The predicted octanol–water partition coefficient (Wildman–Crippen LogP) is 4.59. The van der Waals surface area contributed by atoms with Crippen molar-refractivity contribution in [3.8, 4) is 0 Å². The molecule has 1 heterocycles. The van der Waals surface area contributed by atoms with Gasteiger partial charge in [-0.25, -0.2) is 4.98 Å². The molecular weight excluding hydrogens is 252 g/mol. The van der Waals surface area contributed by atoms with Crippen molar-refractivity contribution in [2.24, 2.45) is 0 Å². The summed E-state index contributed by atoms with van der Waals surface area (Å²) in [5.74, 6) is 0.365. The van der Waals surface area contributed by atoms with Crippen molar-refractivity contribution < 1.29 is 0 Å². The van der Waals surface area contributed by atoms with Crippen molar-refractivity contribution in [1.82, 2.24) is 4.98 Å². The third kappa shape index (κ3) is 1.92. The molecule has 0 saturated carbocycles. The number of hydrogen-bond donors (Lipinski definition) is 0. The number of aromatic nitrogens is 1. The summed E-state index contributed by atoms with van der Waals surface area (Å²) >= 11 is 17.7. The third-order valence-electron chi connectivity index (χ3n) is 2.40. The second-order valence-electron chi connectivity index (χ2n) is 3.30. The average Bonchev–Trinajstić information content (AvgIpc) is 2.23. The van der Waals surface area contributed by atoms with Crippen LogP contribution in [0.3, 0.4) is 0 Å². The number of alkyl halides is 1. The normalized spacial score (nSPS) is 10.9. The molecule has 78 valence electrons. The molecule has 2 aromatic rings. The second kappa shape index (κ2) is 4.17. The van der Waals surface area contributed by atoms with Crippen LogP contribution in [0.2, 0.25) is 10.2 Å². The van der Waals surface area contributed by atoms with Crippen molar-refractivity contribution >= 4 is 45.6 Å². The molecule has 4 heteroatoms. The zero-order chi connectivity index (χ0) is 11.0. The highest BCUT2D eigenvalue weighted by atomic mass is 35.5. The van der Waals surface area contributed by atoms with Crippen LogP contribution in [0.15, 0.2) is 18.2 Å². The Morgan fingerprint density at radius 1 is 1.20 bits per heavy atom. The van der Waals surface area contributed by atoms with Gasteiger partial charge in [0.2, 0.25) is 0 Å². The van der Waals surface area contributed by atoms with Gasteiger partial charge >= 0.3 is 0 Å². The Hall–Kier alpha value is -0.500. The Morgan fingerprint density at radius 3 is 2.60 bits per heavy atom. The Kier molecular flexibility index (Phi) is 3.06. The van der Waals surface area contributed by atoms with Gasteiger partial charge in [-0.05, 0) is 30.0 Å². The largest absolute Gasteiger partial charge is 0.239 e. The maximum absolute atomic E-state index is 6.06. The van der Waals surface area contributed by atoms with E-state index in [1.54, 1.807) is 0 Å². The summed E-state index contributed by atoms with van der Waals surface area (Å²) in [6.45, 7) is 1.98. The van der Waals surface area contributed by atoms with Crippen LogP contribution in [0.4, 0.5) is 0 Å². The number of fused-ring (bicyclic) bond motifs is 1. The lowest BCUT2D eigenvalue weighted by Gasteiger charge is -2.08. The molecule has 15 heavy (non-hydrogen) atoms. The number of benzene rings is 1. The van der Waals surface area contributed by atoms with Gasteiger partial charge in [0.25, 0.3) is 0 Å². The van der Waals surface area contributed by atoms with E-state index < -0.39 is 0 Å². The molecule has 0 fully saturated rings. The summed E-state index contributed by atoms with van der Waals surface area (Å²) in [4.78, 5) is 4.24. The monoisotopic (exact) mass is 259 g/mol. The molecule has 1 aromatic heterocycles. The first kappa shape index (κ1) is 11.0. The molecule has 0 unspecified atom stereocenters. The molecule has 0 spiro atoms. The quantitative estimate of drug-likeness (QED) is 0.540. The number of nitrogens with zero attached hydrogens (tertiary/aromatic N) is 1. The fraction of sp³-hybridized carbons (Fsp3) is 0.182. The van der Waals surface area contributed by atoms with Gasteiger partial charge in [-0.15, -0.1) is 11.6 Å². The van der Waals surface area contributed by atoms with Crippen LogP contribution >= 0.6 is 34.8 Å². The highest BCUT2D eigenvalue weighted by Gasteiger charge is 2.09. The van der Waals surface area contributed by atoms with Crippen molar-refractivity contribution in [2.75, 3.05) is 0 Å². The van der Waals surface area contributed by atoms with Gasteiger partial charge < -0.3 is 0 Å². The first-order chi connectivity index (χ1) is 7.13. The number of pyridine rings is 1. The standard InChI is InChI=1S/C11H8Cl3N/c1-6-8-3-2-7(13)4-9(8)11(14)15-10(6)5-12/h2-4H,5H2,1H3.